The summed E-state index contributed by atoms with van der Waals surface area (Å²) in [5, 5.41) is 3.34. The van der Waals surface area contributed by atoms with Crippen molar-refractivity contribution >= 4 is 32.6 Å². The first-order chi connectivity index (χ1) is 12.5. The standard InChI is InChI=1S/C20H22N2O3S/c1-4-24-16-9-10-17-18(11-16)26-20(21-17)22-19(23)12-25-15-7-5-14(6-8-15)13(2)3/h5-11,13H,4,12H2,1-3H3,(H,21,22,23). The minimum atomic E-state index is -0.234. The molecule has 2 aromatic carbocycles. The van der Waals surface area contributed by atoms with Gasteiger partial charge in [0.25, 0.3) is 5.91 Å². The first kappa shape index (κ1) is 18.2. The maximum Gasteiger partial charge on any atom is 0.264 e. The van der Waals surface area contributed by atoms with E-state index in [2.05, 4.69) is 24.1 Å². The molecule has 5 nitrogen and oxygen atoms in total. The molecule has 0 unspecified atom stereocenters. The molecule has 0 radical (unpaired) electrons. The zero-order valence-electron chi connectivity index (χ0n) is 15.1. The van der Waals surface area contributed by atoms with E-state index in [-0.39, 0.29) is 12.5 Å². The Morgan fingerprint density at radius 1 is 1.12 bits per heavy atom. The molecule has 0 spiro atoms. The first-order valence-electron chi connectivity index (χ1n) is 8.61. The number of benzene rings is 2. The molecule has 26 heavy (non-hydrogen) atoms. The fraction of sp³-hybridized carbons (Fsp3) is 0.300. The number of thiazole rings is 1. The Kier molecular flexibility index (Phi) is 5.73. The number of carbonyl (C=O) groups is 1. The predicted molar refractivity (Wildman–Crippen MR) is 105 cm³/mol. The van der Waals surface area contributed by atoms with Gasteiger partial charge in [0.2, 0.25) is 0 Å². The number of fused-ring (bicyclic) bond motifs is 1. The second kappa shape index (κ2) is 8.19. The average molecular weight is 370 g/mol. The van der Waals surface area contributed by atoms with Gasteiger partial charge in [-0.15, -0.1) is 0 Å². The summed E-state index contributed by atoms with van der Waals surface area (Å²) in [5.74, 6) is 1.71. The van der Waals surface area contributed by atoms with E-state index in [1.807, 2.05) is 49.4 Å². The van der Waals surface area contributed by atoms with Crippen LogP contribution in [0.2, 0.25) is 0 Å². The topological polar surface area (TPSA) is 60.5 Å². The zero-order valence-corrected chi connectivity index (χ0v) is 15.9. The van der Waals surface area contributed by atoms with Crippen LogP contribution < -0.4 is 14.8 Å². The molecule has 0 fully saturated rings. The van der Waals surface area contributed by atoms with E-state index in [0.29, 0.717) is 23.4 Å². The molecule has 1 heterocycles. The minimum absolute atomic E-state index is 0.0544. The largest absolute Gasteiger partial charge is 0.494 e. The van der Waals surface area contributed by atoms with Gasteiger partial charge < -0.3 is 9.47 Å². The maximum atomic E-state index is 12.1. The van der Waals surface area contributed by atoms with Crippen LogP contribution >= 0.6 is 11.3 Å². The van der Waals surface area contributed by atoms with Crippen LogP contribution in [0.15, 0.2) is 42.5 Å². The molecule has 6 heteroatoms. The second-order valence-electron chi connectivity index (χ2n) is 6.14. The van der Waals surface area contributed by atoms with Gasteiger partial charge in [-0.05, 0) is 48.7 Å². The Balaban J connectivity index is 1.58. The molecule has 0 saturated heterocycles. The minimum Gasteiger partial charge on any atom is -0.494 e. The van der Waals surface area contributed by atoms with Crippen LogP contribution in [0.3, 0.4) is 0 Å². The van der Waals surface area contributed by atoms with Crippen molar-refractivity contribution in [2.75, 3.05) is 18.5 Å². The lowest BCUT2D eigenvalue weighted by atomic mass is 10.0. The fourth-order valence-electron chi connectivity index (χ4n) is 2.47. The van der Waals surface area contributed by atoms with Gasteiger partial charge in [-0.3, -0.25) is 10.1 Å². The molecular weight excluding hydrogens is 348 g/mol. The van der Waals surface area contributed by atoms with E-state index >= 15 is 0 Å². The molecule has 0 atom stereocenters. The van der Waals surface area contributed by atoms with Crippen molar-refractivity contribution in [2.45, 2.75) is 26.7 Å². The molecule has 1 N–H and O–H groups in total. The maximum absolute atomic E-state index is 12.1. The number of nitrogens with one attached hydrogen (secondary N) is 1. The summed E-state index contributed by atoms with van der Waals surface area (Å²) in [6, 6.07) is 13.5. The molecule has 3 rings (SSSR count). The van der Waals surface area contributed by atoms with Crippen molar-refractivity contribution in [1.29, 1.82) is 0 Å². The predicted octanol–water partition coefficient (Wildman–Crippen LogP) is 4.84. The van der Waals surface area contributed by atoms with Crippen molar-refractivity contribution in [1.82, 2.24) is 4.98 Å². The van der Waals surface area contributed by atoms with Gasteiger partial charge in [0.1, 0.15) is 11.5 Å². The first-order valence-corrected chi connectivity index (χ1v) is 9.43. The molecule has 0 aliphatic rings. The molecule has 3 aromatic rings. The number of ether oxygens (including phenoxy) is 2. The Bertz CT molecular complexity index is 888. The highest BCUT2D eigenvalue weighted by Crippen LogP contribution is 2.29. The quantitative estimate of drug-likeness (QED) is 0.647. The molecular formula is C20H22N2O3S. The van der Waals surface area contributed by atoms with Crippen molar-refractivity contribution in [3.05, 3.63) is 48.0 Å². The molecule has 1 amide bonds. The molecule has 1 aromatic heterocycles. The highest BCUT2D eigenvalue weighted by molar-refractivity contribution is 7.22. The van der Waals surface area contributed by atoms with Gasteiger partial charge in [0.15, 0.2) is 11.7 Å². The van der Waals surface area contributed by atoms with E-state index < -0.39 is 0 Å². The van der Waals surface area contributed by atoms with Crippen molar-refractivity contribution < 1.29 is 14.3 Å². The third-order valence-corrected chi connectivity index (χ3v) is 4.77. The lowest BCUT2D eigenvalue weighted by Gasteiger charge is -2.08. The number of nitrogens with zero attached hydrogens (tertiary/aromatic N) is 1. The normalized spacial score (nSPS) is 10.9. The molecule has 0 aliphatic heterocycles. The molecule has 136 valence electrons. The highest BCUT2D eigenvalue weighted by Gasteiger charge is 2.10. The smallest absolute Gasteiger partial charge is 0.264 e. The van der Waals surface area contributed by atoms with Crippen LogP contribution in [-0.4, -0.2) is 24.1 Å². The summed E-state index contributed by atoms with van der Waals surface area (Å²) in [6.07, 6.45) is 0. The number of hydrogen-bond acceptors (Lipinski definition) is 5. The number of hydrogen-bond donors (Lipinski definition) is 1. The number of anilines is 1. The summed E-state index contributed by atoms with van der Waals surface area (Å²) in [7, 11) is 0. The summed E-state index contributed by atoms with van der Waals surface area (Å²) >= 11 is 1.41. The van der Waals surface area contributed by atoms with Gasteiger partial charge >= 0.3 is 0 Å². The number of rotatable bonds is 7. The molecule has 0 bridgehead atoms. The summed E-state index contributed by atoms with van der Waals surface area (Å²) in [6.45, 7) is 6.78. The third kappa shape index (κ3) is 4.52. The average Bonchev–Trinajstić information content (AvgIpc) is 3.02. The van der Waals surface area contributed by atoms with E-state index in [1.165, 1.54) is 16.9 Å². The van der Waals surface area contributed by atoms with E-state index in [4.69, 9.17) is 9.47 Å². The summed E-state index contributed by atoms with van der Waals surface area (Å²) < 4.78 is 12.0. The molecule has 0 saturated carbocycles. The van der Waals surface area contributed by atoms with E-state index in [1.54, 1.807) is 0 Å². The highest BCUT2D eigenvalue weighted by atomic mass is 32.1. The number of aromatic nitrogens is 1. The van der Waals surface area contributed by atoms with Crippen LogP contribution in [0, 0.1) is 0 Å². The van der Waals surface area contributed by atoms with Gasteiger partial charge in [-0.2, -0.15) is 0 Å². The number of amides is 1. The second-order valence-corrected chi connectivity index (χ2v) is 7.17. The van der Waals surface area contributed by atoms with Crippen LogP contribution in [0.25, 0.3) is 10.2 Å². The molecule has 0 aliphatic carbocycles. The monoisotopic (exact) mass is 370 g/mol. The van der Waals surface area contributed by atoms with Gasteiger partial charge in [-0.1, -0.05) is 37.3 Å². The van der Waals surface area contributed by atoms with Crippen molar-refractivity contribution in [3.63, 3.8) is 0 Å². The Labute approximate surface area is 157 Å². The van der Waals surface area contributed by atoms with Gasteiger partial charge in [0, 0.05) is 0 Å². The fourth-order valence-corrected chi connectivity index (χ4v) is 3.38. The van der Waals surface area contributed by atoms with Crippen molar-refractivity contribution in [3.8, 4) is 11.5 Å². The van der Waals surface area contributed by atoms with Gasteiger partial charge in [0.05, 0.1) is 16.8 Å². The Morgan fingerprint density at radius 2 is 1.85 bits per heavy atom. The lowest BCUT2D eigenvalue weighted by Crippen LogP contribution is -2.20. The summed E-state index contributed by atoms with van der Waals surface area (Å²) in [5.41, 5.74) is 2.07. The Hall–Kier alpha value is -2.60. The van der Waals surface area contributed by atoms with Crippen LogP contribution in [0.5, 0.6) is 11.5 Å². The Morgan fingerprint density at radius 3 is 2.54 bits per heavy atom. The van der Waals surface area contributed by atoms with Crippen LogP contribution in [0.4, 0.5) is 5.13 Å². The summed E-state index contributed by atoms with van der Waals surface area (Å²) in [4.78, 5) is 16.5. The van der Waals surface area contributed by atoms with Crippen molar-refractivity contribution in [2.24, 2.45) is 0 Å². The van der Waals surface area contributed by atoms with E-state index in [0.717, 1.165) is 16.0 Å². The van der Waals surface area contributed by atoms with Crippen LogP contribution in [-0.2, 0) is 4.79 Å². The number of carbonyl (C=O) groups excluding carboxylic acids is 1. The lowest BCUT2D eigenvalue weighted by molar-refractivity contribution is -0.118. The van der Waals surface area contributed by atoms with E-state index in [9.17, 15) is 4.79 Å². The zero-order chi connectivity index (χ0) is 18.5. The third-order valence-electron chi connectivity index (χ3n) is 3.83. The van der Waals surface area contributed by atoms with Gasteiger partial charge in [-0.25, -0.2) is 4.98 Å². The van der Waals surface area contributed by atoms with Crippen LogP contribution in [0.1, 0.15) is 32.3 Å². The SMILES string of the molecule is CCOc1ccc2nc(NC(=O)COc3ccc(C(C)C)cc3)sc2c1.